The highest BCUT2D eigenvalue weighted by Gasteiger charge is 2.04. The van der Waals surface area contributed by atoms with E-state index in [1.807, 2.05) is 18.2 Å². The summed E-state index contributed by atoms with van der Waals surface area (Å²) >= 11 is 1.60. The summed E-state index contributed by atoms with van der Waals surface area (Å²) < 4.78 is 0. The van der Waals surface area contributed by atoms with Gasteiger partial charge in [-0.15, -0.1) is 17.7 Å². The fraction of sp³-hybridized carbons (Fsp3) is 0.429. The Hall–Kier alpha value is -1.07. The molecule has 1 nitrogen and oxygen atoms in total. The second-order valence-electron chi connectivity index (χ2n) is 3.65. The quantitative estimate of drug-likeness (QED) is 0.481. The first-order chi connectivity index (χ1) is 7.74. The number of hydrogen-bond donors (Lipinski definition) is 1. The molecule has 16 heavy (non-hydrogen) atoms. The van der Waals surface area contributed by atoms with Crippen LogP contribution in [0.4, 0.5) is 0 Å². The number of aromatic hydroxyl groups is 1. The Kier molecular flexibility index (Phi) is 5.88. The predicted molar refractivity (Wildman–Crippen MR) is 70.7 cm³/mol. The maximum absolute atomic E-state index is 9.60. The number of benzene rings is 1. The van der Waals surface area contributed by atoms with E-state index in [0.717, 1.165) is 11.3 Å². The highest BCUT2D eigenvalue weighted by Crippen LogP contribution is 2.30. The van der Waals surface area contributed by atoms with Gasteiger partial charge < -0.3 is 5.11 Å². The van der Waals surface area contributed by atoms with Gasteiger partial charge in [0.25, 0.3) is 0 Å². The molecule has 0 aliphatic carbocycles. The van der Waals surface area contributed by atoms with Crippen molar-refractivity contribution in [2.45, 2.75) is 43.3 Å². The van der Waals surface area contributed by atoms with Gasteiger partial charge in [0.05, 0.1) is 10.1 Å². The van der Waals surface area contributed by atoms with E-state index in [0.29, 0.717) is 5.75 Å². The lowest BCUT2D eigenvalue weighted by atomic mass is 10.2. The van der Waals surface area contributed by atoms with Crippen LogP contribution in [0.2, 0.25) is 0 Å². The molecule has 0 radical (unpaired) electrons. The monoisotopic (exact) mass is 234 g/mol. The second-order valence-corrected chi connectivity index (χ2v) is 5.04. The minimum absolute atomic E-state index is 0.227. The Balaban J connectivity index is 2.47. The number of para-hydroxylation sites is 1. The largest absolute Gasteiger partial charge is 0.507 e. The zero-order chi connectivity index (χ0) is 11.8. The van der Waals surface area contributed by atoms with Gasteiger partial charge in [-0.3, -0.25) is 0 Å². The van der Waals surface area contributed by atoms with E-state index in [9.17, 15) is 5.11 Å². The van der Waals surface area contributed by atoms with Crippen LogP contribution < -0.4 is 0 Å². The van der Waals surface area contributed by atoms with Crippen molar-refractivity contribution in [3.8, 4) is 17.6 Å². The molecule has 0 saturated heterocycles. The van der Waals surface area contributed by atoms with Crippen LogP contribution in [0.15, 0.2) is 29.2 Å². The third kappa shape index (κ3) is 4.63. The Bertz CT molecular complexity index is 376. The number of phenols is 1. The van der Waals surface area contributed by atoms with E-state index in [1.54, 1.807) is 17.8 Å². The normalized spacial score (nSPS) is 11.6. The van der Waals surface area contributed by atoms with Crippen LogP contribution in [-0.4, -0.2) is 10.4 Å². The molecule has 0 spiro atoms. The van der Waals surface area contributed by atoms with Crippen LogP contribution in [0.5, 0.6) is 5.75 Å². The maximum Gasteiger partial charge on any atom is 0.129 e. The third-order valence-electron chi connectivity index (χ3n) is 2.13. The molecule has 0 fully saturated rings. The number of hydrogen-bond acceptors (Lipinski definition) is 2. The number of unbranched alkanes of at least 4 members (excludes halogenated alkanes) is 2. The first-order valence-corrected chi connectivity index (χ1v) is 6.55. The van der Waals surface area contributed by atoms with Crippen LogP contribution in [-0.2, 0) is 0 Å². The van der Waals surface area contributed by atoms with E-state index in [4.69, 9.17) is 0 Å². The lowest BCUT2D eigenvalue weighted by molar-refractivity contribution is 0.462. The van der Waals surface area contributed by atoms with Crippen molar-refractivity contribution in [1.82, 2.24) is 0 Å². The van der Waals surface area contributed by atoms with Crippen LogP contribution in [0.3, 0.4) is 0 Å². The summed E-state index contributed by atoms with van der Waals surface area (Å²) in [5, 5.41) is 9.83. The summed E-state index contributed by atoms with van der Waals surface area (Å²) in [4.78, 5) is 0.903. The topological polar surface area (TPSA) is 20.2 Å². The molecule has 1 atom stereocenters. The van der Waals surface area contributed by atoms with E-state index < -0.39 is 0 Å². The molecule has 0 unspecified atom stereocenters. The molecule has 0 amide bonds. The van der Waals surface area contributed by atoms with Gasteiger partial charge in [0.2, 0.25) is 0 Å². The second kappa shape index (κ2) is 7.24. The molecule has 2 heteroatoms. The minimum Gasteiger partial charge on any atom is -0.507 e. The van der Waals surface area contributed by atoms with Crippen molar-refractivity contribution < 1.29 is 5.11 Å². The summed E-state index contributed by atoms with van der Waals surface area (Å²) in [6.45, 7) is 4.23. The molecule has 1 aromatic rings. The zero-order valence-electron chi connectivity index (χ0n) is 9.86. The van der Waals surface area contributed by atoms with Crippen molar-refractivity contribution in [3.05, 3.63) is 24.3 Å². The van der Waals surface area contributed by atoms with Gasteiger partial charge in [0.1, 0.15) is 5.75 Å². The van der Waals surface area contributed by atoms with Crippen molar-refractivity contribution in [2.24, 2.45) is 0 Å². The number of rotatable bonds is 4. The lowest BCUT2D eigenvalue weighted by Gasteiger charge is -2.05. The van der Waals surface area contributed by atoms with Gasteiger partial charge in [0.15, 0.2) is 0 Å². The molecular formula is C14H18OS. The van der Waals surface area contributed by atoms with Crippen LogP contribution >= 0.6 is 11.8 Å². The molecule has 0 aliphatic heterocycles. The van der Waals surface area contributed by atoms with E-state index >= 15 is 0 Å². The summed E-state index contributed by atoms with van der Waals surface area (Å²) in [5.74, 6) is 6.71. The molecule has 86 valence electrons. The van der Waals surface area contributed by atoms with Gasteiger partial charge in [0, 0.05) is 6.42 Å². The Labute approximate surface area is 102 Å². The Morgan fingerprint density at radius 1 is 1.38 bits per heavy atom. The molecule has 0 saturated carbocycles. The molecule has 1 aromatic carbocycles. The van der Waals surface area contributed by atoms with Crippen LogP contribution in [0, 0.1) is 11.8 Å². The summed E-state index contributed by atoms with van der Waals surface area (Å²) in [6, 6.07) is 7.39. The van der Waals surface area contributed by atoms with Gasteiger partial charge in [-0.2, -0.15) is 0 Å². The standard InChI is InChI=1S/C14H18OS/c1-3-4-5-6-9-12(2)16-14-11-8-7-10-13(14)15/h7-8,10-12,15H,3-5H2,1-2H3/t12-/m0/s1. The van der Waals surface area contributed by atoms with Gasteiger partial charge >= 0.3 is 0 Å². The number of thioether (sulfide) groups is 1. The lowest BCUT2D eigenvalue weighted by Crippen LogP contribution is -1.90. The van der Waals surface area contributed by atoms with Gasteiger partial charge in [-0.05, 0) is 25.5 Å². The Morgan fingerprint density at radius 2 is 2.12 bits per heavy atom. The van der Waals surface area contributed by atoms with Crippen molar-refractivity contribution in [1.29, 1.82) is 0 Å². The average molecular weight is 234 g/mol. The molecular weight excluding hydrogens is 216 g/mol. The molecule has 0 aromatic heterocycles. The molecule has 0 heterocycles. The smallest absolute Gasteiger partial charge is 0.129 e. The highest BCUT2D eigenvalue weighted by atomic mass is 32.2. The minimum atomic E-state index is 0.227. The fourth-order valence-corrected chi connectivity index (χ4v) is 2.13. The SMILES string of the molecule is CCCCC#C[C@H](C)Sc1ccccc1O. The molecule has 0 bridgehead atoms. The van der Waals surface area contributed by atoms with E-state index in [-0.39, 0.29) is 5.25 Å². The summed E-state index contributed by atoms with van der Waals surface area (Å²) in [5.41, 5.74) is 0. The Morgan fingerprint density at radius 3 is 2.81 bits per heavy atom. The predicted octanol–water partition coefficient (Wildman–Crippen LogP) is 4.07. The van der Waals surface area contributed by atoms with Crippen LogP contribution in [0.1, 0.15) is 33.1 Å². The van der Waals surface area contributed by atoms with Crippen molar-refractivity contribution >= 4 is 11.8 Å². The molecule has 1 N–H and O–H groups in total. The first-order valence-electron chi connectivity index (χ1n) is 5.67. The number of phenolic OH excluding ortho intramolecular Hbond substituents is 1. The summed E-state index contributed by atoms with van der Waals surface area (Å²) in [7, 11) is 0. The van der Waals surface area contributed by atoms with Gasteiger partial charge in [-0.25, -0.2) is 0 Å². The van der Waals surface area contributed by atoms with Gasteiger partial charge in [-0.1, -0.05) is 31.4 Å². The first kappa shape index (κ1) is 13.0. The third-order valence-corrected chi connectivity index (χ3v) is 3.20. The zero-order valence-corrected chi connectivity index (χ0v) is 10.7. The van der Waals surface area contributed by atoms with Crippen molar-refractivity contribution in [2.75, 3.05) is 0 Å². The fourth-order valence-electron chi connectivity index (χ4n) is 1.26. The highest BCUT2D eigenvalue weighted by molar-refractivity contribution is 8.00. The average Bonchev–Trinajstić information content (AvgIpc) is 2.28. The van der Waals surface area contributed by atoms with Crippen LogP contribution in [0.25, 0.3) is 0 Å². The molecule has 1 rings (SSSR count). The van der Waals surface area contributed by atoms with E-state index in [2.05, 4.69) is 25.7 Å². The molecule has 0 aliphatic rings. The van der Waals surface area contributed by atoms with E-state index in [1.165, 1.54) is 12.8 Å². The maximum atomic E-state index is 9.60. The van der Waals surface area contributed by atoms with Crippen molar-refractivity contribution in [3.63, 3.8) is 0 Å². The summed E-state index contributed by atoms with van der Waals surface area (Å²) in [6.07, 6.45) is 3.33.